The second-order valence-corrected chi connectivity index (χ2v) is 4.11. The summed E-state index contributed by atoms with van der Waals surface area (Å²) in [6, 6.07) is 7.85. The molecule has 1 aromatic carbocycles. The Morgan fingerprint density at radius 1 is 1.36 bits per heavy atom. The Labute approximate surface area is 88.1 Å². The molecule has 1 nitrogen and oxygen atoms in total. The van der Waals surface area contributed by atoms with Crippen molar-refractivity contribution in [2.45, 2.75) is 6.10 Å². The minimum absolute atomic E-state index is 0.382. The van der Waals surface area contributed by atoms with Crippen molar-refractivity contribution in [2.75, 3.05) is 5.33 Å². The van der Waals surface area contributed by atoms with E-state index in [9.17, 15) is 5.11 Å². The molecule has 0 radical (unpaired) electrons. The zero-order valence-electron chi connectivity index (χ0n) is 5.80. The number of rotatable bonds is 2. The molecular formula is C8H8BrIO. The van der Waals surface area contributed by atoms with E-state index >= 15 is 0 Å². The lowest BCUT2D eigenvalue weighted by Gasteiger charge is -2.05. The molecule has 0 fully saturated rings. The van der Waals surface area contributed by atoms with Crippen LogP contribution in [0.15, 0.2) is 24.3 Å². The number of aliphatic hydroxyl groups excluding tert-OH is 1. The van der Waals surface area contributed by atoms with Crippen molar-refractivity contribution in [1.29, 1.82) is 0 Å². The van der Waals surface area contributed by atoms with Crippen LogP contribution in [0.2, 0.25) is 0 Å². The van der Waals surface area contributed by atoms with Gasteiger partial charge in [0.05, 0.1) is 6.10 Å². The first-order valence-corrected chi connectivity index (χ1v) is 5.43. The second kappa shape index (κ2) is 4.42. The summed E-state index contributed by atoms with van der Waals surface area (Å²) < 4.78 is 1.19. The zero-order chi connectivity index (χ0) is 8.27. The summed E-state index contributed by atoms with van der Waals surface area (Å²) >= 11 is 5.46. The Morgan fingerprint density at radius 3 is 2.36 bits per heavy atom. The molecule has 0 bridgehead atoms. The van der Waals surface area contributed by atoms with Crippen LogP contribution in [0.5, 0.6) is 0 Å². The molecule has 0 aliphatic carbocycles. The van der Waals surface area contributed by atoms with Gasteiger partial charge in [-0.15, -0.1) is 0 Å². The van der Waals surface area contributed by atoms with Gasteiger partial charge in [0, 0.05) is 8.90 Å². The van der Waals surface area contributed by atoms with E-state index in [1.54, 1.807) is 0 Å². The monoisotopic (exact) mass is 326 g/mol. The van der Waals surface area contributed by atoms with Crippen LogP contribution in [0.1, 0.15) is 11.7 Å². The lowest BCUT2D eigenvalue weighted by Crippen LogP contribution is -1.97. The molecule has 1 rings (SSSR count). The Morgan fingerprint density at radius 2 is 1.91 bits per heavy atom. The van der Waals surface area contributed by atoms with Gasteiger partial charge in [0.1, 0.15) is 0 Å². The fraction of sp³-hybridized carbons (Fsp3) is 0.250. The van der Waals surface area contributed by atoms with Gasteiger partial charge in [-0.3, -0.25) is 0 Å². The van der Waals surface area contributed by atoms with Gasteiger partial charge in [-0.05, 0) is 40.3 Å². The molecule has 1 atom stereocenters. The molecule has 0 unspecified atom stereocenters. The van der Waals surface area contributed by atoms with Crippen molar-refractivity contribution < 1.29 is 5.11 Å². The Hall–Kier alpha value is 0.390. The number of aliphatic hydroxyl groups is 1. The quantitative estimate of drug-likeness (QED) is 0.654. The minimum atomic E-state index is -0.382. The first-order chi connectivity index (χ1) is 5.24. The van der Waals surface area contributed by atoms with E-state index in [1.165, 1.54) is 3.57 Å². The third kappa shape index (κ3) is 2.72. The zero-order valence-corrected chi connectivity index (χ0v) is 9.54. The molecule has 60 valence electrons. The van der Waals surface area contributed by atoms with Gasteiger partial charge in [0.15, 0.2) is 0 Å². The Bertz CT molecular complexity index is 222. The predicted octanol–water partition coefficient (Wildman–Crippen LogP) is 2.72. The minimum Gasteiger partial charge on any atom is -0.388 e. The number of halogens is 2. The fourth-order valence-electron chi connectivity index (χ4n) is 0.774. The molecule has 1 N–H and O–H groups in total. The van der Waals surface area contributed by atoms with E-state index in [2.05, 4.69) is 38.5 Å². The van der Waals surface area contributed by atoms with E-state index in [4.69, 9.17) is 0 Å². The first kappa shape index (κ1) is 9.48. The fourth-order valence-corrected chi connectivity index (χ4v) is 1.51. The van der Waals surface area contributed by atoms with Crippen molar-refractivity contribution in [1.82, 2.24) is 0 Å². The lowest BCUT2D eigenvalue weighted by atomic mass is 10.1. The molecule has 3 heteroatoms. The molecule has 0 heterocycles. The highest BCUT2D eigenvalue weighted by molar-refractivity contribution is 14.1. The summed E-state index contributed by atoms with van der Waals surface area (Å²) in [4.78, 5) is 0. The highest BCUT2D eigenvalue weighted by atomic mass is 127. The van der Waals surface area contributed by atoms with Crippen molar-refractivity contribution in [3.05, 3.63) is 33.4 Å². The van der Waals surface area contributed by atoms with Crippen LogP contribution in [-0.4, -0.2) is 10.4 Å². The van der Waals surface area contributed by atoms with Gasteiger partial charge < -0.3 is 5.11 Å². The summed E-state index contributed by atoms with van der Waals surface area (Å²) in [5.74, 6) is 0. The molecule has 0 amide bonds. The molecule has 0 spiro atoms. The molecule has 0 saturated heterocycles. The van der Waals surface area contributed by atoms with Gasteiger partial charge >= 0.3 is 0 Å². The largest absolute Gasteiger partial charge is 0.388 e. The van der Waals surface area contributed by atoms with E-state index in [1.807, 2.05) is 24.3 Å². The number of benzene rings is 1. The maximum absolute atomic E-state index is 9.37. The summed E-state index contributed by atoms with van der Waals surface area (Å²) in [5.41, 5.74) is 0.960. The molecule has 0 aromatic heterocycles. The standard InChI is InChI=1S/C8H8BrIO/c9-5-8(11)6-1-3-7(10)4-2-6/h1-4,8,11H,5H2/t8-/m0/s1. The van der Waals surface area contributed by atoms with E-state index in [-0.39, 0.29) is 6.10 Å². The number of hydrogen-bond acceptors (Lipinski definition) is 1. The third-order valence-electron chi connectivity index (χ3n) is 1.40. The highest BCUT2D eigenvalue weighted by Crippen LogP contribution is 2.16. The van der Waals surface area contributed by atoms with Gasteiger partial charge in [0.2, 0.25) is 0 Å². The molecule has 0 aliphatic heterocycles. The van der Waals surface area contributed by atoms with Gasteiger partial charge in [0.25, 0.3) is 0 Å². The van der Waals surface area contributed by atoms with Crippen molar-refractivity contribution >= 4 is 38.5 Å². The Balaban J connectivity index is 2.81. The van der Waals surface area contributed by atoms with Crippen LogP contribution >= 0.6 is 38.5 Å². The maximum Gasteiger partial charge on any atom is 0.0886 e. The summed E-state index contributed by atoms with van der Waals surface area (Å²) in [7, 11) is 0. The highest BCUT2D eigenvalue weighted by Gasteiger charge is 2.03. The van der Waals surface area contributed by atoms with Crippen LogP contribution in [0, 0.1) is 3.57 Å². The van der Waals surface area contributed by atoms with Crippen LogP contribution in [0.4, 0.5) is 0 Å². The normalized spacial score (nSPS) is 13.0. The topological polar surface area (TPSA) is 20.2 Å². The van der Waals surface area contributed by atoms with Gasteiger partial charge in [-0.2, -0.15) is 0 Å². The Kier molecular flexibility index (Phi) is 3.81. The first-order valence-electron chi connectivity index (χ1n) is 3.23. The lowest BCUT2D eigenvalue weighted by molar-refractivity contribution is 0.205. The third-order valence-corrected chi connectivity index (χ3v) is 2.73. The van der Waals surface area contributed by atoms with Crippen molar-refractivity contribution in [3.8, 4) is 0 Å². The molecule has 0 saturated carbocycles. The van der Waals surface area contributed by atoms with Crippen LogP contribution in [0.25, 0.3) is 0 Å². The summed E-state index contributed by atoms with van der Waals surface area (Å²) in [6.07, 6.45) is -0.382. The van der Waals surface area contributed by atoms with Crippen molar-refractivity contribution in [3.63, 3.8) is 0 Å². The van der Waals surface area contributed by atoms with Crippen molar-refractivity contribution in [2.24, 2.45) is 0 Å². The predicted molar refractivity (Wildman–Crippen MR) is 57.9 cm³/mol. The molecule has 1 aromatic rings. The number of hydrogen-bond donors (Lipinski definition) is 1. The average Bonchev–Trinajstić information content (AvgIpc) is 2.05. The van der Waals surface area contributed by atoms with E-state index in [0.29, 0.717) is 5.33 Å². The van der Waals surface area contributed by atoms with Gasteiger partial charge in [-0.1, -0.05) is 28.1 Å². The molecular weight excluding hydrogens is 319 g/mol. The van der Waals surface area contributed by atoms with Gasteiger partial charge in [-0.25, -0.2) is 0 Å². The summed E-state index contributed by atoms with van der Waals surface area (Å²) in [5, 5.41) is 9.96. The second-order valence-electron chi connectivity index (χ2n) is 2.22. The van der Waals surface area contributed by atoms with E-state index < -0.39 is 0 Å². The van der Waals surface area contributed by atoms with Crippen LogP contribution in [0.3, 0.4) is 0 Å². The van der Waals surface area contributed by atoms with E-state index in [0.717, 1.165) is 5.56 Å². The maximum atomic E-state index is 9.37. The summed E-state index contributed by atoms with van der Waals surface area (Å²) in [6.45, 7) is 0. The average molecular weight is 327 g/mol. The molecule has 0 aliphatic rings. The molecule has 11 heavy (non-hydrogen) atoms. The smallest absolute Gasteiger partial charge is 0.0886 e. The van der Waals surface area contributed by atoms with Crippen LogP contribution in [-0.2, 0) is 0 Å². The van der Waals surface area contributed by atoms with Crippen LogP contribution < -0.4 is 0 Å². The number of alkyl halides is 1. The SMILES string of the molecule is O[C@@H](CBr)c1ccc(I)cc1.